The van der Waals surface area contributed by atoms with Crippen LogP contribution in [-0.2, 0) is 0 Å². The van der Waals surface area contributed by atoms with Gasteiger partial charge in [0, 0.05) is 11.8 Å². The summed E-state index contributed by atoms with van der Waals surface area (Å²) < 4.78 is 10.7. The van der Waals surface area contributed by atoms with E-state index < -0.39 is 0 Å². The molecule has 0 aliphatic carbocycles. The molecule has 0 spiro atoms. The van der Waals surface area contributed by atoms with Gasteiger partial charge in [-0.25, -0.2) is 0 Å². The van der Waals surface area contributed by atoms with Gasteiger partial charge in [-0.2, -0.15) is 0 Å². The number of anilines is 1. The zero-order valence-electron chi connectivity index (χ0n) is 13.9. The Morgan fingerprint density at radius 2 is 1.83 bits per heavy atom. The summed E-state index contributed by atoms with van der Waals surface area (Å²) in [7, 11) is 0. The lowest BCUT2D eigenvalue weighted by Gasteiger charge is -2.23. The van der Waals surface area contributed by atoms with Gasteiger partial charge in [0.25, 0.3) is 0 Å². The minimum absolute atomic E-state index is 0.181. The maximum Gasteiger partial charge on any atom is 0.231 e. The van der Waals surface area contributed by atoms with Crippen molar-refractivity contribution in [2.75, 3.05) is 12.1 Å². The second-order valence-corrected chi connectivity index (χ2v) is 6.67. The first-order chi connectivity index (χ1) is 11.6. The fourth-order valence-corrected chi connectivity index (χ4v) is 2.99. The van der Waals surface area contributed by atoms with Crippen molar-refractivity contribution in [2.45, 2.75) is 26.3 Å². The van der Waals surface area contributed by atoms with Crippen molar-refractivity contribution in [1.29, 1.82) is 0 Å². The average molecular weight is 342 g/mol. The van der Waals surface area contributed by atoms with Crippen LogP contribution in [0.3, 0.4) is 0 Å². The van der Waals surface area contributed by atoms with E-state index in [9.17, 15) is 0 Å². The first-order valence-corrected chi connectivity index (χ1v) is 8.55. The van der Waals surface area contributed by atoms with Crippen LogP contribution in [-0.4, -0.2) is 11.9 Å². The zero-order valence-corrected chi connectivity index (χ0v) is 14.7. The highest BCUT2D eigenvalue weighted by Gasteiger charge is 2.16. The molecule has 2 N–H and O–H groups in total. The molecule has 4 nitrogen and oxygen atoms in total. The molecule has 0 aromatic heterocycles. The van der Waals surface area contributed by atoms with Gasteiger partial charge in [-0.05, 0) is 42.3 Å². The number of rotatable bonds is 5. The summed E-state index contributed by atoms with van der Waals surface area (Å²) in [5.41, 5.74) is 2.12. The Balaban J connectivity index is 1.67. The van der Waals surface area contributed by atoms with Crippen molar-refractivity contribution in [2.24, 2.45) is 5.92 Å². The Morgan fingerprint density at radius 3 is 2.58 bits per heavy atom. The van der Waals surface area contributed by atoms with Gasteiger partial charge in [-0.15, -0.1) is 0 Å². The number of benzene rings is 2. The van der Waals surface area contributed by atoms with Crippen molar-refractivity contribution < 1.29 is 9.47 Å². The van der Waals surface area contributed by atoms with E-state index in [1.165, 1.54) is 5.56 Å². The van der Waals surface area contributed by atoms with E-state index in [-0.39, 0.29) is 12.8 Å². The Hall–Kier alpha value is -2.27. The molecule has 0 fully saturated rings. The highest BCUT2D eigenvalue weighted by Crippen LogP contribution is 2.34. The van der Waals surface area contributed by atoms with Crippen LogP contribution in [0.5, 0.6) is 11.5 Å². The molecular weight excluding hydrogens is 320 g/mol. The van der Waals surface area contributed by atoms with Crippen LogP contribution in [0, 0.1) is 5.92 Å². The largest absolute Gasteiger partial charge is 0.454 e. The molecule has 0 unspecified atom stereocenters. The van der Waals surface area contributed by atoms with E-state index in [4.69, 9.17) is 21.7 Å². The number of hydrogen-bond acceptors (Lipinski definition) is 3. The molecule has 2 aromatic rings. The summed E-state index contributed by atoms with van der Waals surface area (Å²) in [5.74, 6) is 2.07. The van der Waals surface area contributed by atoms with Crippen LogP contribution in [0.25, 0.3) is 0 Å². The molecule has 24 heavy (non-hydrogen) atoms. The fourth-order valence-electron chi connectivity index (χ4n) is 2.73. The van der Waals surface area contributed by atoms with Crippen molar-refractivity contribution in [3.63, 3.8) is 0 Å². The average Bonchev–Trinajstić information content (AvgIpc) is 3.02. The molecule has 0 radical (unpaired) electrons. The third kappa shape index (κ3) is 4.17. The Bertz CT molecular complexity index is 704. The molecule has 5 heteroatoms. The monoisotopic (exact) mass is 342 g/mol. The summed E-state index contributed by atoms with van der Waals surface area (Å²) in [6.07, 6.45) is 1.01. The second-order valence-electron chi connectivity index (χ2n) is 6.26. The van der Waals surface area contributed by atoms with Gasteiger partial charge < -0.3 is 20.1 Å². The van der Waals surface area contributed by atoms with Crippen molar-refractivity contribution in [3.8, 4) is 11.5 Å². The normalized spacial score (nSPS) is 13.6. The minimum atomic E-state index is 0.181. The third-order valence-corrected chi connectivity index (χ3v) is 4.06. The first kappa shape index (κ1) is 16.6. The Kier molecular flexibility index (Phi) is 5.20. The van der Waals surface area contributed by atoms with Gasteiger partial charge >= 0.3 is 0 Å². The second kappa shape index (κ2) is 7.53. The van der Waals surface area contributed by atoms with Gasteiger partial charge in [-0.3, -0.25) is 0 Å². The summed E-state index contributed by atoms with van der Waals surface area (Å²) >= 11 is 5.50. The molecule has 126 valence electrons. The van der Waals surface area contributed by atoms with Crippen molar-refractivity contribution in [1.82, 2.24) is 5.32 Å². The van der Waals surface area contributed by atoms with E-state index in [2.05, 4.69) is 48.7 Å². The van der Waals surface area contributed by atoms with Crippen LogP contribution >= 0.6 is 12.2 Å². The third-order valence-electron chi connectivity index (χ3n) is 3.84. The molecule has 1 aliphatic heterocycles. The molecule has 1 aliphatic rings. The molecule has 0 amide bonds. The number of fused-ring (bicyclic) bond motifs is 1. The van der Waals surface area contributed by atoms with Crippen molar-refractivity contribution >= 4 is 23.0 Å². The Morgan fingerprint density at radius 1 is 1.08 bits per heavy atom. The highest BCUT2D eigenvalue weighted by atomic mass is 32.1. The van der Waals surface area contributed by atoms with E-state index >= 15 is 0 Å². The molecule has 2 aromatic carbocycles. The van der Waals surface area contributed by atoms with Gasteiger partial charge in [0.15, 0.2) is 16.6 Å². The predicted octanol–water partition coefficient (Wildman–Crippen LogP) is 4.49. The Labute approximate surface area is 148 Å². The van der Waals surface area contributed by atoms with Gasteiger partial charge in [0.1, 0.15) is 0 Å². The van der Waals surface area contributed by atoms with Gasteiger partial charge in [0.2, 0.25) is 6.79 Å². The van der Waals surface area contributed by atoms with Gasteiger partial charge in [0.05, 0.1) is 6.04 Å². The number of ether oxygens (including phenoxy) is 2. The fraction of sp³-hybridized carbons (Fsp3) is 0.316. The summed E-state index contributed by atoms with van der Waals surface area (Å²) in [4.78, 5) is 0. The minimum Gasteiger partial charge on any atom is -0.454 e. The van der Waals surface area contributed by atoms with Gasteiger partial charge in [-0.1, -0.05) is 44.2 Å². The molecule has 0 saturated carbocycles. The summed E-state index contributed by atoms with van der Waals surface area (Å²) in [6.45, 7) is 4.70. The maximum absolute atomic E-state index is 5.50. The van der Waals surface area contributed by atoms with E-state index in [1.807, 2.05) is 24.3 Å². The lowest BCUT2D eigenvalue weighted by atomic mass is 9.97. The molecule has 3 rings (SSSR count). The SMILES string of the molecule is CC(C)C[C@@H](NC(=S)Nc1ccc2c(c1)OCO2)c1ccccc1. The van der Waals surface area contributed by atoms with Crippen LogP contribution < -0.4 is 20.1 Å². The zero-order chi connectivity index (χ0) is 16.9. The lowest BCUT2D eigenvalue weighted by molar-refractivity contribution is 0.174. The van der Waals surface area contributed by atoms with Crippen molar-refractivity contribution in [3.05, 3.63) is 54.1 Å². The molecular formula is C19H22N2O2S. The number of nitrogens with one attached hydrogen (secondary N) is 2. The predicted molar refractivity (Wildman–Crippen MR) is 101 cm³/mol. The van der Waals surface area contributed by atoms with Crippen LogP contribution in [0.2, 0.25) is 0 Å². The molecule has 0 saturated heterocycles. The highest BCUT2D eigenvalue weighted by molar-refractivity contribution is 7.80. The van der Waals surface area contributed by atoms with Crippen LogP contribution in [0.4, 0.5) is 5.69 Å². The standard InChI is InChI=1S/C19H22N2O2S/c1-13(2)10-16(14-6-4-3-5-7-14)21-19(24)20-15-8-9-17-18(11-15)23-12-22-17/h3-9,11,13,16H,10,12H2,1-2H3,(H2,20,21,24)/t16-/m1/s1. The molecule has 0 bridgehead atoms. The quantitative estimate of drug-likeness (QED) is 0.784. The summed E-state index contributed by atoms with van der Waals surface area (Å²) in [5, 5.41) is 7.26. The lowest BCUT2D eigenvalue weighted by Crippen LogP contribution is -2.33. The smallest absolute Gasteiger partial charge is 0.231 e. The molecule has 1 heterocycles. The number of hydrogen-bond donors (Lipinski definition) is 2. The topological polar surface area (TPSA) is 42.5 Å². The number of thiocarbonyl (C=S) groups is 1. The van der Waals surface area contributed by atoms with E-state index in [1.54, 1.807) is 0 Å². The first-order valence-electron chi connectivity index (χ1n) is 8.14. The van der Waals surface area contributed by atoms with E-state index in [0.29, 0.717) is 11.0 Å². The van der Waals surface area contributed by atoms with E-state index in [0.717, 1.165) is 23.6 Å². The maximum atomic E-state index is 5.50. The molecule has 1 atom stereocenters. The summed E-state index contributed by atoms with van der Waals surface area (Å²) in [6, 6.07) is 16.3. The van der Waals surface area contributed by atoms with Crippen LogP contribution in [0.1, 0.15) is 31.9 Å². The van der Waals surface area contributed by atoms with Crippen LogP contribution in [0.15, 0.2) is 48.5 Å².